The molecule has 124 valence electrons. The van der Waals surface area contributed by atoms with Crippen LogP contribution >= 0.6 is 0 Å². The van der Waals surface area contributed by atoms with Crippen LogP contribution in [0.2, 0.25) is 0 Å². The van der Waals surface area contributed by atoms with Crippen LogP contribution in [0.4, 0.5) is 0 Å². The predicted octanol–water partition coefficient (Wildman–Crippen LogP) is 2.88. The summed E-state index contributed by atoms with van der Waals surface area (Å²) in [4.78, 5) is 11.4. The average molecular weight is 322 g/mol. The zero-order valence-electron chi connectivity index (χ0n) is 14.1. The van der Waals surface area contributed by atoms with Crippen LogP contribution in [0.15, 0.2) is 59.5 Å². The van der Waals surface area contributed by atoms with E-state index in [2.05, 4.69) is 29.6 Å². The molecule has 1 aromatic heterocycles. The Bertz CT molecular complexity index is 900. The van der Waals surface area contributed by atoms with E-state index in [0.29, 0.717) is 0 Å². The van der Waals surface area contributed by atoms with Gasteiger partial charge in [-0.05, 0) is 35.5 Å². The molecule has 0 saturated heterocycles. The number of methoxy groups -OCH3 is 1. The largest absolute Gasteiger partial charge is 0.496 e. The highest BCUT2D eigenvalue weighted by Crippen LogP contribution is 2.28. The molecule has 0 aliphatic rings. The predicted molar refractivity (Wildman–Crippen MR) is 97.6 cm³/mol. The van der Waals surface area contributed by atoms with Gasteiger partial charge in [0, 0.05) is 31.2 Å². The summed E-state index contributed by atoms with van der Waals surface area (Å²) in [7, 11) is 3.48. The van der Waals surface area contributed by atoms with Gasteiger partial charge < -0.3 is 14.6 Å². The minimum absolute atomic E-state index is 0.0171. The van der Waals surface area contributed by atoms with Gasteiger partial charge >= 0.3 is 0 Å². The van der Waals surface area contributed by atoms with Crippen molar-refractivity contribution in [3.05, 3.63) is 76.2 Å². The number of fused-ring (bicyclic) bond motifs is 1. The Labute approximate surface area is 141 Å². The molecule has 2 aromatic carbocycles. The summed E-state index contributed by atoms with van der Waals surface area (Å²) >= 11 is 0. The standard InChI is InChI=1S/C20H22N2O2/c1-22-14-15(7-10-20(22)23)13-21-12-11-16-8-9-19(24-2)18-6-4-3-5-17(16)18/h3-10,14,21H,11-13H2,1-2H3. The molecule has 0 radical (unpaired) electrons. The molecule has 24 heavy (non-hydrogen) atoms. The summed E-state index contributed by atoms with van der Waals surface area (Å²) in [6.07, 6.45) is 2.81. The molecule has 0 bridgehead atoms. The Morgan fingerprint density at radius 1 is 1.04 bits per heavy atom. The van der Waals surface area contributed by atoms with Crippen LogP contribution in [0, 0.1) is 0 Å². The Hall–Kier alpha value is -2.59. The SMILES string of the molecule is COc1ccc(CCNCc2ccc(=O)n(C)c2)c2ccccc12. The van der Waals surface area contributed by atoms with Crippen LogP contribution in [-0.4, -0.2) is 18.2 Å². The number of hydrogen-bond acceptors (Lipinski definition) is 3. The molecule has 0 atom stereocenters. The van der Waals surface area contributed by atoms with E-state index in [9.17, 15) is 4.79 Å². The first-order valence-electron chi connectivity index (χ1n) is 8.10. The molecule has 0 aliphatic heterocycles. The van der Waals surface area contributed by atoms with E-state index in [0.717, 1.165) is 36.2 Å². The molecule has 3 rings (SSSR count). The lowest BCUT2D eigenvalue weighted by atomic mass is 10.0. The smallest absolute Gasteiger partial charge is 0.250 e. The number of nitrogens with zero attached hydrogens (tertiary/aromatic N) is 1. The van der Waals surface area contributed by atoms with Crippen LogP contribution in [0.5, 0.6) is 5.75 Å². The van der Waals surface area contributed by atoms with Gasteiger partial charge in [-0.3, -0.25) is 4.79 Å². The van der Waals surface area contributed by atoms with Crippen LogP contribution in [0.25, 0.3) is 10.8 Å². The molecule has 4 nitrogen and oxygen atoms in total. The lowest BCUT2D eigenvalue weighted by molar-refractivity contribution is 0.419. The van der Waals surface area contributed by atoms with E-state index in [1.54, 1.807) is 24.8 Å². The molecule has 1 N–H and O–H groups in total. The van der Waals surface area contributed by atoms with E-state index in [1.807, 2.05) is 24.4 Å². The molecule has 1 heterocycles. The van der Waals surface area contributed by atoms with Crippen molar-refractivity contribution in [1.82, 2.24) is 9.88 Å². The van der Waals surface area contributed by atoms with E-state index in [4.69, 9.17) is 4.74 Å². The second-order valence-corrected chi connectivity index (χ2v) is 5.89. The monoisotopic (exact) mass is 322 g/mol. The number of ether oxygens (including phenoxy) is 1. The third-order valence-corrected chi connectivity index (χ3v) is 4.24. The minimum Gasteiger partial charge on any atom is -0.496 e. The van der Waals surface area contributed by atoms with Gasteiger partial charge in [0.25, 0.3) is 0 Å². The Balaban J connectivity index is 1.66. The Kier molecular flexibility index (Phi) is 4.96. The van der Waals surface area contributed by atoms with Crippen LogP contribution in [0.3, 0.4) is 0 Å². The van der Waals surface area contributed by atoms with Crippen LogP contribution < -0.4 is 15.6 Å². The zero-order valence-corrected chi connectivity index (χ0v) is 14.1. The van der Waals surface area contributed by atoms with Gasteiger partial charge in [-0.2, -0.15) is 0 Å². The highest BCUT2D eigenvalue weighted by molar-refractivity contribution is 5.91. The summed E-state index contributed by atoms with van der Waals surface area (Å²) in [5.74, 6) is 0.910. The van der Waals surface area contributed by atoms with Crippen molar-refractivity contribution in [1.29, 1.82) is 0 Å². The Morgan fingerprint density at radius 3 is 2.58 bits per heavy atom. The topological polar surface area (TPSA) is 43.3 Å². The first kappa shape index (κ1) is 16.3. The lowest BCUT2D eigenvalue weighted by Gasteiger charge is -2.11. The van der Waals surface area contributed by atoms with Crippen molar-refractivity contribution in [2.75, 3.05) is 13.7 Å². The highest BCUT2D eigenvalue weighted by atomic mass is 16.5. The number of pyridine rings is 1. The molecule has 0 amide bonds. The third-order valence-electron chi connectivity index (χ3n) is 4.24. The van der Waals surface area contributed by atoms with Gasteiger partial charge in [0.2, 0.25) is 5.56 Å². The van der Waals surface area contributed by atoms with Crippen molar-refractivity contribution in [2.24, 2.45) is 7.05 Å². The maximum Gasteiger partial charge on any atom is 0.250 e. The molecule has 0 fully saturated rings. The van der Waals surface area contributed by atoms with Crippen molar-refractivity contribution in [2.45, 2.75) is 13.0 Å². The first-order valence-corrected chi connectivity index (χ1v) is 8.10. The van der Waals surface area contributed by atoms with Gasteiger partial charge in [-0.15, -0.1) is 0 Å². The summed E-state index contributed by atoms with van der Waals surface area (Å²) in [6.45, 7) is 1.63. The second-order valence-electron chi connectivity index (χ2n) is 5.89. The van der Waals surface area contributed by atoms with Gasteiger partial charge in [0.05, 0.1) is 7.11 Å². The van der Waals surface area contributed by atoms with Crippen molar-refractivity contribution in [3.8, 4) is 5.75 Å². The number of aryl methyl sites for hydroxylation is 1. The highest BCUT2D eigenvalue weighted by Gasteiger charge is 2.05. The van der Waals surface area contributed by atoms with E-state index < -0.39 is 0 Å². The molecule has 0 unspecified atom stereocenters. The van der Waals surface area contributed by atoms with Crippen LogP contribution in [-0.2, 0) is 20.0 Å². The lowest BCUT2D eigenvalue weighted by Crippen LogP contribution is -2.20. The molecular formula is C20H22N2O2. The number of rotatable bonds is 6. The minimum atomic E-state index is 0.0171. The van der Waals surface area contributed by atoms with Crippen molar-refractivity contribution >= 4 is 10.8 Å². The molecular weight excluding hydrogens is 300 g/mol. The van der Waals surface area contributed by atoms with Gasteiger partial charge in [-0.1, -0.05) is 36.4 Å². The molecule has 0 aliphatic carbocycles. The number of nitrogens with one attached hydrogen (secondary N) is 1. The fraction of sp³-hybridized carbons (Fsp3) is 0.250. The van der Waals surface area contributed by atoms with Crippen molar-refractivity contribution in [3.63, 3.8) is 0 Å². The summed E-state index contributed by atoms with van der Waals surface area (Å²) in [6, 6.07) is 16.0. The van der Waals surface area contributed by atoms with E-state index in [1.165, 1.54) is 10.9 Å². The second kappa shape index (κ2) is 7.32. The normalized spacial score (nSPS) is 10.9. The van der Waals surface area contributed by atoms with E-state index in [-0.39, 0.29) is 5.56 Å². The van der Waals surface area contributed by atoms with Gasteiger partial charge in [-0.25, -0.2) is 0 Å². The maximum atomic E-state index is 11.4. The molecule has 3 aromatic rings. The summed E-state index contributed by atoms with van der Waals surface area (Å²) < 4.78 is 7.05. The first-order chi connectivity index (χ1) is 11.7. The molecule has 0 spiro atoms. The number of aromatic nitrogens is 1. The third kappa shape index (κ3) is 3.49. The summed E-state index contributed by atoms with van der Waals surface area (Å²) in [5.41, 5.74) is 2.43. The Morgan fingerprint density at radius 2 is 1.83 bits per heavy atom. The van der Waals surface area contributed by atoms with Crippen molar-refractivity contribution < 1.29 is 4.74 Å². The number of benzene rings is 2. The number of hydrogen-bond donors (Lipinski definition) is 1. The molecule has 4 heteroatoms. The summed E-state index contributed by atoms with van der Waals surface area (Å²) in [5, 5.41) is 5.83. The maximum absolute atomic E-state index is 11.4. The van der Waals surface area contributed by atoms with Gasteiger partial charge in [0.15, 0.2) is 0 Å². The molecule has 0 saturated carbocycles. The average Bonchev–Trinajstić information content (AvgIpc) is 2.61. The van der Waals surface area contributed by atoms with E-state index >= 15 is 0 Å². The zero-order chi connectivity index (χ0) is 16.9. The quantitative estimate of drug-likeness (QED) is 0.710. The fourth-order valence-electron chi connectivity index (χ4n) is 2.94. The van der Waals surface area contributed by atoms with Crippen LogP contribution in [0.1, 0.15) is 11.1 Å². The van der Waals surface area contributed by atoms with Gasteiger partial charge in [0.1, 0.15) is 5.75 Å². The fourth-order valence-corrected chi connectivity index (χ4v) is 2.94.